The normalized spacial score (nSPS) is 16.6. The van der Waals surface area contributed by atoms with E-state index < -0.39 is 15.8 Å². The van der Waals surface area contributed by atoms with Crippen LogP contribution in [0.4, 0.5) is 0 Å². The van der Waals surface area contributed by atoms with Gasteiger partial charge < -0.3 is 4.42 Å². The monoisotopic (exact) mass is 497 g/mol. The SMILES string of the molecule is Cn1c(=O)oc2ccc(S(=O)(=O)N3CCN([C@@H](c4ccccc4)c4ccc(Cl)cc4)CC3)cc21. The van der Waals surface area contributed by atoms with Crippen LogP contribution in [-0.2, 0) is 17.1 Å². The van der Waals surface area contributed by atoms with Crippen LogP contribution in [0.3, 0.4) is 0 Å². The lowest BCUT2D eigenvalue weighted by molar-refractivity contribution is 0.156. The van der Waals surface area contributed by atoms with E-state index in [1.54, 1.807) is 7.05 Å². The molecule has 176 valence electrons. The Morgan fingerprint density at radius 3 is 2.21 bits per heavy atom. The van der Waals surface area contributed by atoms with Crippen molar-refractivity contribution in [3.8, 4) is 0 Å². The van der Waals surface area contributed by atoms with Crippen LogP contribution in [0, 0.1) is 0 Å². The Labute approximate surface area is 202 Å². The first-order chi connectivity index (χ1) is 16.3. The molecular weight excluding hydrogens is 474 g/mol. The van der Waals surface area contributed by atoms with Gasteiger partial charge >= 0.3 is 5.76 Å². The maximum absolute atomic E-state index is 13.4. The first kappa shape index (κ1) is 22.9. The molecule has 1 aliphatic heterocycles. The number of hydrogen-bond donors (Lipinski definition) is 0. The molecule has 3 aromatic carbocycles. The van der Waals surface area contributed by atoms with Crippen LogP contribution in [0.15, 0.2) is 86.9 Å². The zero-order chi connectivity index (χ0) is 23.9. The second-order valence-electron chi connectivity index (χ2n) is 8.36. The zero-order valence-electron chi connectivity index (χ0n) is 18.6. The van der Waals surface area contributed by atoms with Crippen LogP contribution in [0.25, 0.3) is 11.1 Å². The summed E-state index contributed by atoms with van der Waals surface area (Å²) in [6, 6.07) is 22.5. The van der Waals surface area contributed by atoms with Crippen LogP contribution in [0.5, 0.6) is 0 Å². The van der Waals surface area contributed by atoms with Gasteiger partial charge in [-0.25, -0.2) is 13.2 Å². The molecule has 4 aromatic rings. The fourth-order valence-corrected chi connectivity index (χ4v) is 6.08. The Morgan fingerprint density at radius 1 is 0.882 bits per heavy atom. The van der Waals surface area contributed by atoms with Gasteiger partial charge in [0, 0.05) is 38.2 Å². The summed E-state index contributed by atoms with van der Waals surface area (Å²) < 4.78 is 34.7. The number of fused-ring (bicyclic) bond motifs is 1. The quantitative estimate of drug-likeness (QED) is 0.418. The topological polar surface area (TPSA) is 75.8 Å². The van der Waals surface area contributed by atoms with E-state index in [1.807, 2.05) is 42.5 Å². The van der Waals surface area contributed by atoms with Gasteiger partial charge in [-0.3, -0.25) is 9.47 Å². The highest BCUT2D eigenvalue weighted by Gasteiger charge is 2.32. The molecule has 9 heteroatoms. The van der Waals surface area contributed by atoms with Gasteiger partial charge in [0.05, 0.1) is 16.5 Å². The van der Waals surface area contributed by atoms with E-state index in [9.17, 15) is 13.2 Å². The predicted octanol–water partition coefficient (Wildman–Crippen LogP) is 3.88. The molecule has 0 bridgehead atoms. The van der Waals surface area contributed by atoms with Gasteiger partial charge in [-0.15, -0.1) is 0 Å². The molecule has 7 nitrogen and oxygen atoms in total. The lowest BCUT2D eigenvalue weighted by Gasteiger charge is -2.39. The Kier molecular flexibility index (Phi) is 6.07. The first-order valence-corrected chi connectivity index (χ1v) is 12.8. The smallest absolute Gasteiger partial charge is 0.408 e. The number of nitrogens with zero attached hydrogens (tertiary/aromatic N) is 3. The molecule has 2 heterocycles. The Hall–Kier alpha value is -2.91. The molecule has 0 N–H and O–H groups in total. The standard InChI is InChI=1S/C25H24ClN3O4S/c1-27-22-17-21(11-12-23(22)33-25(27)30)34(31,32)29-15-13-28(14-16-29)24(18-5-3-2-4-6-18)19-7-9-20(26)10-8-19/h2-12,17,24H,13-16H2,1H3/t24-/m0/s1. The minimum atomic E-state index is -3.71. The van der Waals surface area contributed by atoms with Crippen LogP contribution >= 0.6 is 11.6 Å². The molecule has 0 aliphatic carbocycles. The second kappa shape index (κ2) is 9.03. The van der Waals surface area contributed by atoms with Crippen molar-refractivity contribution in [1.82, 2.24) is 13.8 Å². The largest absolute Gasteiger partial charge is 0.419 e. The van der Waals surface area contributed by atoms with Crippen molar-refractivity contribution in [2.45, 2.75) is 10.9 Å². The van der Waals surface area contributed by atoms with Crippen LogP contribution in [-0.4, -0.2) is 48.4 Å². The molecule has 0 saturated carbocycles. The number of hydrogen-bond acceptors (Lipinski definition) is 5. The van der Waals surface area contributed by atoms with Crippen molar-refractivity contribution >= 4 is 32.7 Å². The highest BCUT2D eigenvalue weighted by molar-refractivity contribution is 7.89. The Balaban J connectivity index is 1.40. The molecule has 34 heavy (non-hydrogen) atoms. The fraction of sp³-hybridized carbons (Fsp3) is 0.240. The average molecular weight is 498 g/mol. The second-order valence-corrected chi connectivity index (χ2v) is 10.7. The lowest BCUT2D eigenvalue weighted by atomic mass is 9.96. The maximum atomic E-state index is 13.4. The molecule has 0 radical (unpaired) electrons. The summed E-state index contributed by atoms with van der Waals surface area (Å²) in [4.78, 5) is 14.2. The van der Waals surface area contributed by atoms with Crippen molar-refractivity contribution in [3.63, 3.8) is 0 Å². The molecule has 5 rings (SSSR count). The zero-order valence-corrected chi connectivity index (χ0v) is 20.2. The van der Waals surface area contributed by atoms with Gasteiger partial charge in [0.2, 0.25) is 10.0 Å². The van der Waals surface area contributed by atoms with Crippen LogP contribution < -0.4 is 5.76 Å². The number of sulfonamides is 1. The summed E-state index contributed by atoms with van der Waals surface area (Å²) in [7, 11) is -2.15. The number of halogens is 1. The third-order valence-electron chi connectivity index (χ3n) is 6.34. The predicted molar refractivity (Wildman–Crippen MR) is 132 cm³/mol. The van der Waals surface area contributed by atoms with Crippen molar-refractivity contribution in [2.75, 3.05) is 26.2 Å². The van der Waals surface area contributed by atoms with Crippen LogP contribution in [0.1, 0.15) is 17.2 Å². The van der Waals surface area contributed by atoms with E-state index in [0.29, 0.717) is 42.3 Å². The Bertz CT molecular complexity index is 1470. The average Bonchev–Trinajstić information content (AvgIpc) is 3.14. The molecule has 0 unspecified atom stereocenters. The van der Waals surface area contributed by atoms with Crippen molar-refractivity contribution in [3.05, 3.63) is 99.5 Å². The fourth-order valence-electron chi connectivity index (χ4n) is 4.51. The number of aryl methyl sites for hydroxylation is 1. The molecule has 1 atom stereocenters. The van der Waals surface area contributed by atoms with Gasteiger partial charge in [-0.2, -0.15) is 4.31 Å². The van der Waals surface area contributed by atoms with E-state index in [-0.39, 0.29) is 10.9 Å². The summed E-state index contributed by atoms with van der Waals surface area (Å²) in [5.74, 6) is -0.521. The summed E-state index contributed by atoms with van der Waals surface area (Å²) in [5, 5.41) is 0.679. The van der Waals surface area contributed by atoms with Crippen LogP contribution in [0.2, 0.25) is 5.02 Å². The van der Waals surface area contributed by atoms with Gasteiger partial charge in [0.25, 0.3) is 0 Å². The van der Waals surface area contributed by atoms with Crippen molar-refractivity contribution < 1.29 is 12.8 Å². The maximum Gasteiger partial charge on any atom is 0.419 e. The van der Waals surface area contributed by atoms with E-state index >= 15 is 0 Å². The molecule has 0 amide bonds. The lowest BCUT2D eigenvalue weighted by Crippen LogP contribution is -2.49. The van der Waals surface area contributed by atoms with E-state index in [4.69, 9.17) is 16.0 Å². The molecular formula is C25H24ClN3O4S. The number of piperazine rings is 1. The van der Waals surface area contributed by atoms with E-state index in [2.05, 4.69) is 17.0 Å². The van der Waals surface area contributed by atoms with Gasteiger partial charge in [0.1, 0.15) is 0 Å². The Morgan fingerprint density at radius 2 is 1.53 bits per heavy atom. The highest BCUT2D eigenvalue weighted by atomic mass is 35.5. The first-order valence-electron chi connectivity index (χ1n) is 11.0. The molecule has 0 spiro atoms. The van der Waals surface area contributed by atoms with Crippen molar-refractivity contribution in [2.24, 2.45) is 7.05 Å². The summed E-state index contributed by atoms with van der Waals surface area (Å²) in [6.45, 7) is 1.88. The van der Waals surface area contributed by atoms with E-state index in [0.717, 1.165) is 11.1 Å². The third-order valence-corrected chi connectivity index (χ3v) is 8.49. The number of benzene rings is 3. The highest BCUT2D eigenvalue weighted by Crippen LogP contribution is 2.31. The minimum Gasteiger partial charge on any atom is -0.408 e. The molecule has 1 aliphatic rings. The van der Waals surface area contributed by atoms with Gasteiger partial charge in [0.15, 0.2) is 5.58 Å². The number of rotatable bonds is 5. The molecule has 1 aromatic heterocycles. The summed E-state index contributed by atoms with van der Waals surface area (Å²) in [5.41, 5.74) is 3.08. The molecule has 1 fully saturated rings. The van der Waals surface area contributed by atoms with Gasteiger partial charge in [-0.1, -0.05) is 54.1 Å². The van der Waals surface area contributed by atoms with E-state index in [1.165, 1.54) is 27.1 Å². The minimum absolute atomic E-state index is 0.000117. The number of aromatic nitrogens is 1. The number of oxazole rings is 1. The van der Waals surface area contributed by atoms with Gasteiger partial charge in [-0.05, 0) is 41.5 Å². The summed E-state index contributed by atoms with van der Waals surface area (Å²) in [6.07, 6.45) is 0. The molecule has 1 saturated heterocycles. The third kappa shape index (κ3) is 4.18. The van der Waals surface area contributed by atoms with Crippen molar-refractivity contribution in [1.29, 1.82) is 0 Å². The summed E-state index contributed by atoms with van der Waals surface area (Å²) >= 11 is 6.11.